The molecule has 0 bridgehead atoms. The maximum absolute atomic E-state index is 12.2. The Labute approximate surface area is 169 Å². The van der Waals surface area contributed by atoms with Crippen LogP contribution < -0.4 is 10.6 Å². The first-order valence-corrected chi connectivity index (χ1v) is 10.5. The zero-order valence-corrected chi connectivity index (χ0v) is 17.1. The van der Waals surface area contributed by atoms with Crippen LogP contribution in [0.15, 0.2) is 34.9 Å². The maximum atomic E-state index is 12.2. The number of amides is 2. The minimum absolute atomic E-state index is 0.130. The fourth-order valence-corrected chi connectivity index (χ4v) is 3.70. The summed E-state index contributed by atoms with van der Waals surface area (Å²) in [7, 11) is 0. The summed E-state index contributed by atoms with van der Waals surface area (Å²) in [5, 5.41) is 8.90. The van der Waals surface area contributed by atoms with E-state index >= 15 is 0 Å². The Kier molecular flexibility index (Phi) is 7.11. The van der Waals surface area contributed by atoms with Crippen molar-refractivity contribution >= 4 is 35.1 Å². The second kappa shape index (κ2) is 9.75. The monoisotopic (exact) mass is 402 g/mol. The Bertz CT molecular complexity index is 800. The number of rotatable bonds is 8. The quantitative estimate of drug-likeness (QED) is 0.705. The zero-order chi connectivity index (χ0) is 19.9. The van der Waals surface area contributed by atoms with Gasteiger partial charge in [0.15, 0.2) is 5.82 Å². The van der Waals surface area contributed by atoms with Gasteiger partial charge in [-0.1, -0.05) is 17.3 Å². The summed E-state index contributed by atoms with van der Waals surface area (Å²) < 4.78 is 4.92. The molecule has 0 radical (unpaired) electrons. The summed E-state index contributed by atoms with van der Waals surface area (Å²) in [4.78, 5) is 26.7. The number of carbonyl (C=O) groups is 2. The van der Waals surface area contributed by atoms with Crippen molar-refractivity contribution in [2.45, 2.75) is 38.5 Å². The van der Waals surface area contributed by atoms with Gasteiger partial charge in [0.05, 0.1) is 11.0 Å². The van der Waals surface area contributed by atoms with E-state index in [4.69, 9.17) is 4.52 Å². The van der Waals surface area contributed by atoms with Crippen LogP contribution >= 0.6 is 11.8 Å². The Hall–Kier alpha value is -2.32. The lowest BCUT2D eigenvalue weighted by atomic mass is 10.2. The highest BCUT2D eigenvalue weighted by atomic mass is 32.2. The molecule has 1 atom stereocenters. The average Bonchev–Trinajstić information content (AvgIpc) is 3.33. The van der Waals surface area contributed by atoms with Crippen LogP contribution in [0.1, 0.15) is 31.1 Å². The summed E-state index contributed by atoms with van der Waals surface area (Å²) in [5.41, 5.74) is 2.02. The molecule has 7 nitrogen and oxygen atoms in total. The lowest BCUT2D eigenvalue weighted by molar-refractivity contribution is -0.115. The number of aromatic nitrogens is 1. The number of thioether (sulfide) groups is 1. The lowest BCUT2D eigenvalue weighted by Crippen LogP contribution is -2.25. The summed E-state index contributed by atoms with van der Waals surface area (Å²) >= 11 is 1.27. The molecular weight excluding hydrogens is 376 g/mol. The molecule has 1 unspecified atom stereocenters. The molecule has 0 aliphatic carbocycles. The second-order valence-corrected chi connectivity index (χ2v) is 8.32. The number of likely N-dealkylation sites (tertiary alicyclic amines) is 1. The minimum atomic E-state index is -0.384. The largest absolute Gasteiger partial charge is 0.360 e. The molecule has 28 heavy (non-hydrogen) atoms. The van der Waals surface area contributed by atoms with Crippen molar-refractivity contribution in [2.75, 3.05) is 29.5 Å². The van der Waals surface area contributed by atoms with Crippen LogP contribution in [-0.2, 0) is 16.1 Å². The predicted molar refractivity (Wildman–Crippen MR) is 111 cm³/mol. The van der Waals surface area contributed by atoms with Crippen molar-refractivity contribution in [1.82, 2.24) is 10.1 Å². The Morgan fingerprint density at radius 2 is 1.93 bits per heavy atom. The fourth-order valence-electron chi connectivity index (χ4n) is 3.02. The van der Waals surface area contributed by atoms with E-state index in [0.29, 0.717) is 11.6 Å². The topological polar surface area (TPSA) is 87.5 Å². The molecule has 2 amide bonds. The highest BCUT2D eigenvalue weighted by molar-refractivity contribution is 8.01. The van der Waals surface area contributed by atoms with Gasteiger partial charge in [0, 0.05) is 18.3 Å². The first kappa shape index (κ1) is 20.4. The van der Waals surface area contributed by atoms with Crippen LogP contribution in [0, 0.1) is 6.92 Å². The van der Waals surface area contributed by atoms with Gasteiger partial charge in [-0.05, 0) is 57.5 Å². The molecule has 2 heterocycles. The van der Waals surface area contributed by atoms with Crippen molar-refractivity contribution in [3.05, 3.63) is 41.7 Å². The lowest BCUT2D eigenvalue weighted by Gasteiger charge is -2.15. The van der Waals surface area contributed by atoms with E-state index in [1.165, 1.54) is 30.2 Å². The highest BCUT2D eigenvalue weighted by Crippen LogP contribution is 2.17. The molecule has 1 aromatic carbocycles. The van der Waals surface area contributed by atoms with Crippen molar-refractivity contribution in [2.24, 2.45) is 0 Å². The van der Waals surface area contributed by atoms with Crippen molar-refractivity contribution in [1.29, 1.82) is 0 Å². The van der Waals surface area contributed by atoms with Crippen molar-refractivity contribution < 1.29 is 14.1 Å². The van der Waals surface area contributed by atoms with Gasteiger partial charge in [-0.25, -0.2) is 0 Å². The third-order valence-electron chi connectivity index (χ3n) is 4.56. The summed E-state index contributed by atoms with van der Waals surface area (Å²) in [6.07, 6.45) is 2.56. The average molecular weight is 403 g/mol. The number of benzene rings is 1. The second-order valence-electron chi connectivity index (χ2n) is 6.99. The molecule has 8 heteroatoms. The highest BCUT2D eigenvalue weighted by Gasteiger charge is 2.17. The van der Waals surface area contributed by atoms with E-state index in [1.54, 1.807) is 19.9 Å². The zero-order valence-electron chi connectivity index (χ0n) is 16.2. The van der Waals surface area contributed by atoms with Gasteiger partial charge in [-0.2, -0.15) is 0 Å². The van der Waals surface area contributed by atoms with Gasteiger partial charge in [-0.15, -0.1) is 11.8 Å². The molecule has 0 spiro atoms. The van der Waals surface area contributed by atoms with Gasteiger partial charge < -0.3 is 15.2 Å². The molecular formula is C20H26N4O3S. The molecule has 150 valence electrons. The summed E-state index contributed by atoms with van der Waals surface area (Å²) in [6, 6.07) is 9.61. The van der Waals surface area contributed by atoms with E-state index in [0.717, 1.165) is 25.3 Å². The number of hydrogen-bond acceptors (Lipinski definition) is 6. The van der Waals surface area contributed by atoms with Crippen LogP contribution in [0.2, 0.25) is 0 Å². The third-order valence-corrected chi connectivity index (χ3v) is 5.70. The molecule has 1 fully saturated rings. The standard InChI is InChI=1S/C20H26N4O3S/c1-14-11-18(23-27-14)22-20(26)15(2)28-13-19(25)21-17-7-5-16(6-8-17)12-24-9-3-4-10-24/h5-8,11,15H,3-4,9-10,12-13H2,1-2H3,(H,21,25)(H,22,23,26). The van der Waals surface area contributed by atoms with Gasteiger partial charge in [-0.3, -0.25) is 14.5 Å². The molecule has 1 aliphatic rings. The Morgan fingerprint density at radius 1 is 1.21 bits per heavy atom. The van der Waals surface area contributed by atoms with Gasteiger partial charge >= 0.3 is 0 Å². The summed E-state index contributed by atoms with van der Waals surface area (Å²) in [5.74, 6) is 0.864. The van der Waals surface area contributed by atoms with E-state index in [9.17, 15) is 9.59 Å². The van der Waals surface area contributed by atoms with E-state index < -0.39 is 0 Å². The number of hydrogen-bond donors (Lipinski definition) is 2. The number of aryl methyl sites for hydroxylation is 1. The van der Waals surface area contributed by atoms with Gasteiger partial charge in [0.1, 0.15) is 5.76 Å². The molecule has 1 saturated heterocycles. The van der Waals surface area contributed by atoms with E-state index in [1.807, 2.05) is 12.1 Å². The van der Waals surface area contributed by atoms with Crippen LogP contribution in [0.25, 0.3) is 0 Å². The van der Waals surface area contributed by atoms with Gasteiger partial charge in [0.2, 0.25) is 11.8 Å². The predicted octanol–water partition coefficient (Wildman–Crippen LogP) is 3.28. The van der Waals surface area contributed by atoms with Crippen LogP contribution in [-0.4, -0.2) is 46.0 Å². The van der Waals surface area contributed by atoms with Crippen molar-refractivity contribution in [3.63, 3.8) is 0 Å². The first-order valence-electron chi connectivity index (χ1n) is 9.46. The minimum Gasteiger partial charge on any atom is -0.360 e. The first-order chi connectivity index (χ1) is 13.5. The molecule has 1 aromatic heterocycles. The third kappa shape index (κ3) is 6.10. The summed E-state index contributed by atoms with van der Waals surface area (Å²) in [6.45, 7) is 6.80. The molecule has 0 saturated carbocycles. The van der Waals surface area contributed by atoms with Crippen LogP contribution in [0.3, 0.4) is 0 Å². The fraction of sp³-hybridized carbons (Fsp3) is 0.450. The molecule has 2 N–H and O–H groups in total. The van der Waals surface area contributed by atoms with Crippen molar-refractivity contribution in [3.8, 4) is 0 Å². The van der Waals surface area contributed by atoms with Gasteiger partial charge in [0.25, 0.3) is 0 Å². The Morgan fingerprint density at radius 3 is 2.57 bits per heavy atom. The van der Waals surface area contributed by atoms with Crippen LogP contribution in [0.5, 0.6) is 0 Å². The number of nitrogens with one attached hydrogen (secondary N) is 2. The van der Waals surface area contributed by atoms with E-state index in [-0.39, 0.29) is 22.8 Å². The van der Waals surface area contributed by atoms with Crippen LogP contribution in [0.4, 0.5) is 11.5 Å². The molecule has 2 aromatic rings. The SMILES string of the molecule is Cc1cc(NC(=O)C(C)SCC(=O)Nc2ccc(CN3CCCC3)cc2)no1. The normalized spacial score (nSPS) is 15.4. The smallest absolute Gasteiger partial charge is 0.238 e. The maximum Gasteiger partial charge on any atom is 0.238 e. The number of carbonyl (C=O) groups excluding carboxylic acids is 2. The number of nitrogens with zero attached hydrogens (tertiary/aromatic N) is 2. The Balaban J connectivity index is 1.40. The van der Waals surface area contributed by atoms with E-state index in [2.05, 4.69) is 32.8 Å². The molecule has 3 rings (SSSR count). The molecule has 1 aliphatic heterocycles. The number of anilines is 2.